The minimum absolute atomic E-state index is 0. The smallest absolute Gasteiger partial charge is 0.407 e. The second-order valence-corrected chi connectivity index (χ2v) is 7.99. The van der Waals surface area contributed by atoms with Crippen molar-refractivity contribution in [1.29, 1.82) is 0 Å². The van der Waals surface area contributed by atoms with Gasteiger partial charge in [0.1, 0.15) is 5.60 Å². The van der Waals surface area contributed by atoms with Crippen molar-refractivity contribution in [3.63, 3.8) is 0 Å². The molecule has 0 aromatic carbocycles. The van der Waals surface area contributed by atoms with Crippen molar-refractivity contribution >= 4 is 36.0 Å². The average Bonchev–Trinajstić information content (AvgIpc) is 2.55. The van der Waals surface area contributed by atoms with Crippen molar-refractivity contribution in [2.75, 3.05) is 45.8 Å². The monoisotopic (exact) mass is 497 g/mol. The molecule has 3 N–H and O–H groups in total. The lowest BCUT2D eigenvalue weighted by Gasteiger charge is -2.29. The number of guanidine groups is 1. The first-order chi connectivity index (χ1) is 12.3. The SMILES string of the molecule is CCNC(=NCCCN1CCC(C)CC1)NCCNC(=O)OC(C)(C)C.I. The molecule has 1 heterocycles. The maximum Gasteiger partial charge on any atom is 0.407 e. The molecular weight excluding hydrogens is 457 g/mol. The largest absolute Gasteiger partial charge is 0.444 e. The van der Waals surface area contributed by atoms with Gasteiger partial charge in [-0.3, -0.25) is 4.99 Å². The van der Waals surface area contributed by atoms with Crippen LogP contribution in [0, 0.1) is 5.92 Å². The topological polar surface area (TPSA) is 78.0 Å². The van der Waals surface area contributed by atoms with Crippen LogP contribution in [-0.4, -0.2) is 68.4 Å². The third-order valence-electron chi connectivity index (χ3n) is 4.21. The number of alkyl carbamates (subject to hydrolysis) is 1. The van der Waals surface area contributed by atoms with Gasteiger partial charge in [0.05, 0.1) is 0 Å². The van der Waals surface area contributed by atoms with Crippen molar-refractivity contribution in [2.45, 2.75) is 59.5 Å². The molecule has 0 aromatic heterocycles. The molecule has 8 heteroatoms. The molecule has 1 rings (SSSR count). The second kappa shape index (κ2) is 14.3. The second-order valence-electron chi connectivity index (χ2n) is 7.99. The fourth-order valence-corrected chi connectivity index (χ4v) is 2.77. The predicted octanol–water partition coefficient (Wildman–Crippen LogP) is 2.81. The van der Waals surface area contributed by atoms with Crippen molar-refractivity contribution in [1.82, 2.24) is 20.9 Å². The molecule has 7 nitrogen and oxygen atoms in total. The maximum atomic E-state index is 11.6. The summed E-state index contributed by atoms with van der Waals surface area (Å²) in [5.41, 5.74) is -0.472. The van der Waals surface area contributed by atoms with Crippen LogP contribution in [0.15, 0.2) is 4.99 Å². The Morgan fingerprint density at radius 3 is 2.37 bits per heavy atom. The summed E-state index contributed by atoms with van der Waals surface area (Å²) >= 11 is 0. The van der Waals surface area contributed by atoms with E-state index in [4.69, 9.17) is 4.74 Å². The first-order valence-corrected chi connectivity index (χ1v) is 10.0. The zero-order valence-corrected chi connectivity index (χ0v) is 20.1. The van der Waals surface area contributed by atoms with Crippen molar-refractivity contribution < 1.29 is 9.53 Å². The number of carbonyl (C=O) groups is 1. The third-order valence-corrected chi connectivity index (χ3v) is 4.21. The zero-order valence-electron chi connectivity index (χ0n) is 17.8. The average molecular weight is 497 g/mol. The van der Waals surface area contributed by atoms with Crippen LogP contribution in [0.1, 0.15) is 53.9 Å². The normalized spacial score (nSPS) is 16.4. The highest BCUT2D eigenvalue weighted by atomic mass is 127. The molecule has 0 spiro atoms. The molecule has 1 amide bonds. The van der Waals surface area contributed by atoms with Gasteiger partial charge in [-0.15, -0.1) is 24.0 Å². The lowest BCUT2D eigenvalue weighted by molar-refractivity contribution is 0.0529. The molecule has 1 saturated heterocycles. The van der Waals surface area contributed by atoms with E-state index in [1.165, 1.54) is 25.9 Å². The number of rotatable bonds is 8. The summed E-state index contributed by atoms with van der Waals surface area (Å²) in [7, 11) is 0. The lowest BCUT2D eigenvalue weighted by atomic mass is 9.99. The van der Waals surface area contributed by atoms with Crippen LogP contribution in [-0.2, 0) is 4.74 Å². The van der Waals surface area contributed by atoms with Gasteiger partial charge in [-0.1, -0.05) is 6.92 Å². The van der Waals surface area contributed by atoms with Gasteiger partial charge >= 0.3 is 6.09 Å². The molecular formula is C19H40IN5O2. The molecule has 160 valence electrons. The fourth-order valence-electron chi connectivity index (χ4n) is 2.77. The van der Waals surface area contributed by atoms with E-state index in [-0.39, 0.29) is 24.0 Å². The quantitative estimate of drug-likeness (QED) is 0.208. The number of carbonyl (C=O) groups excluding carboxylic acids is 1. The summed E-state index contributed by atoms with van der Waals surface area (Å²) in [6.07, 6.45) is 3.31. The number of piperidine rings is 1. The Morgan fingerprint density at radius 2 is 1.78 bits per heavy atom. The lowest BCUT2D eigenvalue weighted by Crippen LogP contribution is -2.42. The molecule has 0 atom stereocenters. The van der Waals surface area contributed by atoms with E-state index >= 15 is 0 Å². The maximum absolute atomic E-state index is 11.6. The van der Waals surface area contributed by atoms with Gasteiger partial charge in [0, 0.05) is 26.2 Å². The van der Waals surface area contributed by atoms with E-state index in [9.17, 15) is 4.79 Å². The molecule has 0 unspecified atom stereocenters. The fraction of sp³-hybridized carbons (Fsp3) is 0.895. The molecule has 1 aliphatic rings. The molecule has 1 aliphatic heterocycles. The van der Waals surface area contributed by atoms with Gasteiger partial charge in [-0.2, -0.15) is 0 Å². The van der Waals surface area contributed by atoms with Crippen LogP contribution in [0.5, 0.6) is 0 Å². The number of amides is 1. The molecule has 0 aliphatic carbocycles. The summed E-state index contributed by atoms with van der Waals surface area (Å²) in [6.45, 7) is 16.2. The molecule has 0 saturated carbocycles. The predicted molar refractivity (Wildman–Crippen MR) is 123 cm³/mol. The van der Waals surface area contributed by atoms with Gasteiger partial charge in [0.25, 0.3) is 0 Å². The number of halogens is 1. The minimum Gasteiger partial charge on any atom is -0.444 e. The highest BCUT2D eigenvalue weighted by molar-refractivity contribution is 14.0. The highest BCUT2D eigenvalue weighted by Gasteiger charge is 2.16. The van der Waals surface area contributed by atoms with E-state index in [0.29, 0.717) is 13.1 Å². The number of hydrogen-bond acceptors (Lipinski definition) is 4. The van der Waals surface area contributed by atoms with E-state index in [1.54, 1.807) is 0 Å². The van der Waals surface area contributed by atoms with Crippen LogP contribution < -0.4 is 16.0 Å². The van der Waals surface area contributed by atoms with Crippen LogP contribution in [0.2, 0.25) is 0 Å². The van der Waals surface area contributed by atoms with Crippen molar-refractivity contribution in [3.8, 4) is 0 Å². The first-order valence-electron chi connectivity index (χ1n) is 10.0. The Hall–Kier alpha value is -0.770. The van der Waals surface area contributed by atoms with E-state index in [2.05, 4.69) is 32.8 Å². The Morgan fingerprint density at radius 1 is 1.15 bits per heavy atom. The van der Waals surface area contributed by atoms with E-state index in [0.717, 1.165) is 37.9 Å². The van der Waals surface area contributed by atoms with E-state index < -0.39 is 11.7 Å². The van der Waals surface area contributed by atoms with Crippen LogP contribution in [0.25, 0.3) is 0 Å². The molecule has 0 bridgehead atoms. The van der Waals surface area contributed by atoms with Gasteiger partial charge in [0.2, 0.25) is 0 Å². The van der Waals surface area contributed by atoms with Crippen LogP contribution in [0.3, 0.4) is 0 Å². The van der Waals surface area contributed by atoms with Gasteiger partial charge in [0.15, 0.2) is 5.96 Å². The molecule has 1 fully saturated rings. The summed E-state index contributed by atoms with van der Waals surface area (Å²) in [4.78, 5) is 18.8. The first kappa shape index (κ1) is 26.2. The van der Waals surface area contributed by atoms with Gasteiger partial charge < -0.3 is 25.6 Å². The van der Waals surface area contributed by atoms with Crippen LogP contribution in [0.4, 0.5) is 4.79 Å². The number of nitrogens with one attached hydrogen (secondary N) is 3. The summed E-state index contributed by atoms with van der Waals surface area (Å²) in [6, 6.07) is 0. The minimum atomic E-state index is -0.472. The Labute approximate surface area is 182 Å². The van der Waals surface area contributed by atoms with Gasteiger partial charge in [-0.05, 0) is 72.5 Å². The Kier molecular flexibility index (Phi) is 13.9. The zero-order chi connectivity index (χ0) is 19.4. The number of nitrogens with zero attached hydrogens (tertiary/aromatic N) is 2. The van der Waals surface area contributed by atoms with Gasteiger partial charge in [-0.25, -0.2) is 4.79 Å². The molecule has 0 aromatic rings. The number of likely N-dealkylation sites (tertiary alicyclic amines) is 1. The standard InChI is InChI=1S/C19H39N5O2.HI/c1-6-20-17(22-11-12-23-18(25)26-19(3,4)5)21-10-7-13-24-14-8-16(2)9-15-24;/h16H,6-15H2,1-5H3,(H,23,25)(H2,20,21,22);1H. The van der Waals surface area contributed by atoms with Crippen LogP contribution >= 0.6 is 24.0 Å². The molecule has 27 heavy (non-hydrogen) atoms. The van der Waals surface area contributed by atoms with E-state index in [1.807, 2.05) is 27.7 Å². The third kappa shape index (κ3) is 14.0. The summed E-state index contributed by atoms with van der Waals surface area (Å²) in [5.74, 6) is 1.67. The van der Waals surface area contributed by atoms with Crippen molar-refractivity contribution in [2.24, 2.45) is 10.9 Å². The molecule has 0 radical (unpaired) electrons. The Balaban J connectivity index is 0.00000676. The number of ether oxygens (including phenoxy) is 1. The highest BCUT2D eigenvalue weighted by Crippen LogP contribution is 2.15. The number of aliphatic imine (C=N–C) groups is 1. The number of hydrogen-bond donors (Lipinski definition) is 3. The summed E-state index contributed by atoms with van der Waals surface area (Å²) in [5, 5.41) is 9.21. The Bertz CT molecular complexity index is 432. The van der Waals surface area contributed by atoms with Crippen molar-refractivity contribution in [3.05, 3.63) is 0 Å². The summed E-state index contributed by atoms with van der Waals surface area (Å²) < 4.78 is 5.21.